The highest BCUT2D eigenvalue weighted by Gasteiger charge is 2.53. The number of nitrogens with one attached hydrogen (secondary N) is 2. The Morgan fingerprint density at radius 1 is 1.29 bits per heavy atom. The van der Waals surface area contributed by atoms with Crippen molar-refractivity contribution in [1.82, 2.24) is 10.2 Å². The number of nitrogens with zero attached hydrogens (tertiary/aromatic N) is 2. The number of carbonyl (C=O) groups excluding carboxylic acids is 4. The lowest BCUT2D eigenvalue weighted by Gasteiger charge is -2.40. The molecule has 0 atom stereocenters. The van der Waals surface area contributed by atoms with Crippen LogP contribution in [0.5, 0.6) is 0 Å². The second-order valence-electron chi connectivity index (χ2n) is 9.68. The quantitative estimate of drug-likeness (QED) is 0.267. The predicted molar refractivity (Wildman–Crippen MR) is 122 cm³/mol. The van der Waals surface area contributed by atoms with Crippen LogP contribution < -0.4 is 10.6 Å². The fourth-order valence-corrected chi connectivity index (χ4v) is 4.57. The molecule has 1 saturated heterocycles. The van der Waals surface area contributed by atoms with Gasteiger partial charge in [0.2, 0.25) is 0 Å². The summed E-state index contributed by atoms with van der Waals surface area (Å²) in [5.74, 6) is -1.71. The Morgan fingerprint density at radius 2 is 1.94 bits per heavy atom. The van der Waals surface area contributed by atoms with Gasteiger partial charge in [-0.05, 0) is 49.1 Å². The molecule has 1 saturated carbocycles. The van der Waals surface area contributed by atoms with Gasteiger partial charge in [-0.2, -0.15) is 0 Å². The van der Waals surface area contributed by atoms with E-state index in [0.717, 1.165) is 23.8 Å². The Labute approximate surface area is 201 Å². The summed E-state index contributed by atoms with van der Waals surface area (Å²) in [7, 11) is 0. The van der Waals surface area contributed by atoms with Crippen LogP contribution in [0.1, 0.15) is 46.5 Å². The fourth-order valence-electron chi connectivity index (χ4n) is 4.38. The number of esters is 1. The molecular weight excluding hydrogens is 468 g/mol. The normalized spacial score (nSPS) is 22.5. The number of carbonyl (C=O) groups is 4. The van der Waals surface area contributed by atoms with Crippen molar-refractivity contribution in [2.24, 2.45) is 11.3 Å². The number of halogens is 1. The summed E-state index contributed by atoms with van der Waals surface area (Å²) >= 11 is 5.73. The van der Waals surface area contributed by atoms with E-state index in [0.29, 0.717) is 18.8 Å². The third-order valence-electron chi connectivity index (χ3n) is 6.39. The van der Waals surface area contributed by atoms with Crippen LogP contribution in [0.15, 0.2) is 18.2 Å². The molecular formula is C22H27ClN4O7. The van der Waals surface area contributed by atoms with E-state index in [1.807, 2.05) is 0 Å². The topological polar surface area (TPSA) is 148 Å². The van der Waals surface area contributed by atoms with Crippen LogP contribution >= 0.6 is 11.6 Å². The minimum Gasteiger partial charge on any atom is -0.454 e. The first-order valence-corrected chi connectivity index (χ1v) is 11.2. The molecule has 0 aromatic heterocycles. The molecule has 2 aliphatic rings. The standard InChI is InChI=1S/C22H27ClN4O7/c1-21(2,3)13-6-8-22(9-7-13)19(30)26(20(31)25-22)11-18(29)34-12-17(28)24-14-4-5-15(23)16(10-14)27(32)33/h4-5,10,13H,6-9,11-12H2,1-3H3,(H,24,28)(H,25,31). The zero-order valence-corrected chi connectivity index (χ0v) is 19.9. The highest BCUT2D eigenvalue weighted by Crippen LogP contribution is 2.43. The monoisotopic (exact) mass is 494 g/mol. The molecule has 12 heteroatoms. The summed E-state index contributed by atoms with van der Waals surface area (Å²) in [6, 6.07) is 3.03. The summed E-state index contributed by atoms with van der Waals surface area (Å²) in [6.45, 7) is 5.14. The molecule has 1 aromatic carbocycles. The zero-order chi connectivity index (χ0) is 25.3. The number of urea groups is 1. The summed E-state index contributed by atoms with van der Waals surface area (Å²) < 4.78 is 4.89. The Kier molecular flexibility index (Phi) is 7.15. The summed E-state index contributed by atoms with van der Waals surface area (Å²) in [6.07, 6.45) is 2.58. The predicted octanol–water partition coefficient (Wildman–Crippen LogP) is 3.26. The number of imide groups is 1. The molecule has 1 heterocycles. The van der Waals surface area contributed by atoms with Gasteiger partial charge in [-0.25, -0.2) is 4.79 Å². The van der Waals surface area contributed by atoms with Crippen LogP contribution in [0, 0.1) is 21.4 Å². The van der Waals surface area contributed by atoms with Gasteiger partial charge in [0, 0.05) is 11.8 Å². The van der Waals surface area contributed by atoms with Crippen molar-refractivity contribution in [3.8, 4) is 0 Å². The summed E-state index contributed by atoms with van der Waals surface area (Å²) in [5, 5.41) is 16.0. The van der Waals surface area contributed by atoms with E-state index in [1.165, 1.54) is 12.1 Å². The summed E-state index contributed by atoms with van der Waals surface area (Å²) in [4.78, 5) is 60.7. The van der Waals surface area contributed by atoms with Crippen LogP contribution in [0.25, 0.3) is 0 Å². The lowest BCUT2D eigenvalue weighted by Crippen LogP contribution is -2.50. The molecule has 11 nitrogen and oxygen atoms in total. The van der Waals surface area contributed by atoms with Crippen LogP contribution in [0.3, 0.4) is 0 Å². The third kappa shape index (κ3) is 5.46. The first-order chi connectivity index (χ1) is 15.8. The lowest BCUT2D eigenvalue weighted by atomic mass is 9.67. The molecule has 0 unspecified atom stereocenters. The molecule has 3 rings (SSSR count). The Balaban J connectivity index is 1.52. The number of hydrogen-bond donors (Lipinski definition) is 2. The van der Waals surface area contributed by atoms with Gasteiger partial charge in [0.05, 0.1) is 4.92 Å². The third-order valence-corrected chi connectivity index (χ3v) is 6.71. The van der Waals surface area contributed by atoms with Gasteiger partial charge in [-0.1, -0.05) is 32.4 Å². The smallest absolute Gasteiger partial charge is 0.326 e. The summed E-state index contributed by atoms with van der Waals surface area (Å²) in [5.41, 5.74) is -1.19. The van der Waals surface area contributed by atoms with Crippen LogP contribution in [0.2, 0.25) is 5.02 Å². The second kappa shape index (κ2) is 9.57. The molecule has 34 heavy (non-hydrogen) atoms. The molecule has 1 aromatic rings. The molecule has 1 spiro atoms. The van der Waals surface area contributed by atoms with E-state index in [9.17, 15) is 29.3 Å². The first-order valence-electron chi connectivity index (χ1n) is 10.9. The van der Waals surface area contributed by atoms with Crippen molar-refractivity contribution in [2.45, 2.75) is 52.0 Å². The van der Waals surface area contributed by atoms with Crippen LogP contribution in [-0.4, -0.2) is 52.3 Å². The number of nitro benzene ring substituents is 1. The number of benzene rings is 1. The van der Waals surface area contributed by atoms with Crippen molar-refractivity contribution in [3.05, 3.63) is 33.3 Å². The Bertz CT molecular complexity index is 1030. The van der Waals surface area contributed by atoms with E-state index in [-0.39, 0.29) is 21.8 Å². The molecule has 2 N–H and O–H groups in total. The van der Waals surface area contributed by atoms with E-state index < -0.39 is 47.4 Å². The second-order valence-corrected chi connectivity index (χ2v) is 10.1. The lowest BCUT2D eigenvalue weighted by molar-refractivity contribution is -0.384. The molecule has 1 aliphatic carbocycles. The van der Waals surface area contributed by atoms with Gasteiger partial charge in [-0.3, -0.25) is 29.4 Å². The van der Waals surface area contributed by atoms with Crippen molar-refractivity contribution >= 4 is 46.8 Å². The average molecular weight is 495 g/mol. The number of hydrogen-bond acceptors (Lipinski definition) is 7. The van der Waals surface area contributed by atoms with E-state index >= 15 is 0 Å². The zero-order valence-electron chi connectivity index (χ0n) is 19.2. The van der Waals surface area contributed by atoms with Crippen molar-refractivity contribution in [1.29, 1.82) is 0 Å². The van der Waals surface area contributed by atoms with Gasteiger partial charge in [0.25, 0.3) is 17.5 Å². The Morgan fingerprint density at radius 3 is 2.53 bits per heavy atom. The highest BCUT2D eigenvalue weighted by atomic mass is 35.5. The van der Waals surface area contributed by atoms with Gasteiger partial charge < -0.3 is 15.4 Å². The minimum atomic E-state index is -1.00. The number of amides is 4. The minimum absolute atomic E-state index is 0.0901. The maximum absolute atomic E-state index is 13.0. The van der Waals surface area contributed by atoms with Crippen LogP contribution in [-0.2, 0) is 19.1 Å². The van der Waals surface area contributed by atoms with E-state index in [1.54, 1.807) is 0 Å². The van der Waals surface area contributed by atoms with Gasteiger partial charge in [0.1, 0.15) is 17.1 Å². The molecule has 0 bridgehead atoms. The fraction of sp³-hybridized carbons (Fsp3) is 0.545. The van der Waals surface area contributed by atoms with Crippen molar-refractivity contribution < 1.29 is 28.8 Å². The van der Waals surface area contributed by atoms with E-state index in [2.05, 4.69) is 31.4 Å². The molecule has 184 valence electrons. The highest BCUT2D eigenvalue weighted by molar-refractivity contribution is 6.32. The largest absolute Gasteiger partial charge is 0.454 e. The van der Waals surface area contributed by atoms with Crippen molar-refractivity contribution in [3.63, 3.8) is 0 Å². The Hall–Kier alpha value is -3.21. The van der Waals surface area contributed by atoms with E-state index in [4.69, 9.17) is 16.3 Å². The number of ether oxygens (including phenoxy) is 1. The first kappa shape index (κ1) is 25.4. The average Bonchev–Trinajstić information content (AvgIpc) is 2.97. The SMILES string of the molecule is CC(C)(C)C1CCC2(CC1)NC(=O)N(CC(=O)OCC(=O)Nc1ccc(Cl)c([N+](=O)[O-])c1)C2=O. The molecule has 1 aliphatic heterocycles. The number of nitro groups is 1. The maximum Gasteiger partial charge on any atom is 0.326 e. The van der Waals surface area contributed by atoms with Crippen LogP contribution in [0.4, 0.5) is 16.2 Å². The maximum atomic E-state index is 13.0. The molecule has 4 amide bonds. The van der Waals surface area contributed by atoms with Gasteiger partial charge in [-0.15, -0.1) is 0 Å². The molecule has 0 radical (unpaired) electrons. The van der Waals surface area contributed by atoms with Gasteiger partial charge >= 0.3 is 12.0 Å². The molecule has 2 fully saturated rings. The number of anilines is 1. The number of rotatable bonds is 6. The van der Waals surface area contributed by atoms with Gasteiger partial charge in [0.15, 0.2) is 6.61 Å². The van der Waals surface area contributed by atoms with Crippen molar-refractivity contribution in [2.75, 3.05) is 18.5 Å².